The van der Waals surface area contributed by atoms with Crippen LogP contribution in [0.3, 0.4) is 0 Å². The molecule has 1 aliphatic carbocycles. The molecule has 0 unspecified atom stereocenters. The molecule has 0 aromatic heterocycles. The number of hydrogen-bond acceptors (Lipinski definition) is 3. The average Bonchev–Trinajstić information content (AvgIpc) is 3.08. The lowest BCUT2D eigenvalue weighted by Crippen LogP contribution is -2.48. The topological polar surface area (TPSA) is 62.1 Å². The highest BCUT2D eigenvalue weighted by atomic mass is 19.4. The molecule has 0 radical (unpaired) electrons. The number of benzene rings is 2. The second-order valence-electron chi connectivity index (χ2n) is 8.19. The first-order valence-corrected chi connectivity index (χ1v) is 10.3. The van der Waals surface area contributed by atoms with Gasteiger partial charge in [-0.05, 0) is 59.2 Å². The highest BCUT2D eigenvalue weighted by molar-refractivity contribution is 6.07. The number of fused-ring (bicyclic) bond motifs is 2. The highest BCUT2D eigenvalue weighted by Crippen LogP contribution is 2.47. The van der Waals surface area contributed by atoms with Gasteiger partial charge in [-0.3, -0.25) is 4.79 Å². The van der Waals surface area contributed by atoms with Crippen LogP contribution in [0.5, 0.6) is 5.75 Å². The van der Waals surface area contributed by atoms with Crippen LogP contribution in [0, 0.1) is 11.3 Å². The number of nitrogens with zero attached hydrogens (tertiary/aromatic N) is 1. The van der Waals surface area contributed by atoms with Gasteiger partial charge in [-0.15, -0.1) is 0 Å². The van der Waals surface area contributed by atoms with Crippen molar-refractivity contribution in [3.63, 3.8) is 0 Å². The van der Waals surface area contributed by atoms with E-state index in [1.165, 1.54) is 24.3 Å². The zero-order chi connectivity index (χ0) is 23.8. The molecule has 1 atom stereocenters. The van der Waals surface area contributed by atoms with Crippen LogP contribution < -0.4 is 10.1 Å². The van der Waals surface area contributed by atoms with Gasteiger partial charge in [0.05, 0.1) is 5.54 Å². The molecular weight excluding hydrogens is 443 g/mol. The predicted molar refractivity (Wildman–Crippen MR) is 109 cm³/mol. The van der Waals surface area contributed by atoms with Crippen molar-refractivity contribution in [2.24, 2.45) is 0 Å². The van der Waals surface area contributed by atoms with Crippen LogP contribution in [0.4, 0.5) is 22.0 Å². The zero-order valence-electron chi connectivity index (χ0n) is 17.3. The molecule has 2 aliphatic rings. The van der Waals surface area contributed by atoms with Crippen LogP contribution in [0.2, 0.25) is 0 Å². The van der Waals surface area contributed by atoms with Gasteiger partial charge >= 0.3 is 12.8 Å². The van der Waals surface area contributed by atoms with E-state index in [4.69, 9.17) is 0 Å². The number of amides is 1. The van der Waals surface area contributed by atoms with Gasteiger partial charge in [0.1, 0.15) is 17.4 Å². The Bertz CT molecular complexity index is 1150. The van der Waals surface area contributed by atoms with E-state index in [0.717, 1.165) is 11.1 Å². The Morgan fingerprint density at radius 3 is 2.52 bits per heavy atom. The standard InChI is InChI=1S/C24H19F5N2O2/c25-22(26)33-17-4-2-15(3-5-17)18-12-23(31-21(32)19(18)13-30)9-8-16-11-14(1-6-20(16)23)7-10-24(27,28)29/h1-6,11,22H,7-10,12H2,(H,31,32)/t23-/m0/s1. The maximum Gasteiger partial charge on any atom is 0.389 e. The van der Waals surface area contributed by atoms with Crippen LogP contribution in [0.15, 0.2) is 48.0 Å². The monoisotopic (exact) mass is 462 g/mol. The molecule has 1 heterocycles. The smallest absolute Gasteiger partial charge is 0.389 e. The summed E-state index contributed by atoms with van der Waals surface area (Å²) < 4.78 is 67.0. The van der Waals surface area contributed by atoms with Crippen molar-refractivity contribution in [2.75, 3.05) is 0 Å². The largest absolute Gasteiger partial charge is 0.435 e. The summed E-state index contributed by atoms with van der Waals surface area (Å²) in [5.74, 6) is -0.582. The molecule has 4 rings (SSSR count). The molecule has 2 aromatic carbocycles. The van der Waals surface area contributed by atoms with E-state index < -0.39 is 30.7 Å². The van der Waals surface area contributed by atoms with Crippen molar-refractivity contribution in [3.8, 4) is 11.8 Å². The molecule has 1 N–H and O–H groups in total. The molecule has 9 heteroatoms. The van der Waals surface area contributed by atoms with Crippen LogP contribution in [-0.4, -0.2) is 18.7 Å². The molecule has 0 bridgehead atoms. The quantitative estimate of drug-likeness (QED) is 0.604. The molecular formula is C24H19F5N2O2. The van der Waals surface area contributed by atoms with E-state index in [0.29, 0.717) is 36.0 Å². The fourth-order valence-electron chi connectivity index (χ4n) is 4.61. The highest BCUT2D eigenvalue weighted by Gasteiger charge is 2.45. The van der Waals surface area contributed by atoms with Gasteiger partial charge < -0.3 is 10.1 Å². The normalized spacial score (nSPS) is 20.1. The van der Waals surface area contributed by atoms with E-state index >= 15 is 0 Å². The number of aryl methyl sites for hydroxylation is 2. The summed E-state index contributed by atoms with van der Waals surface area (Å²) in [6.07, 6.45) is -3.85. The van der Waals surface area contributed by atoms with E-state index in [2.05, 4.69) is 10.1 Å². The first-order chi connectivity index (χ1) is 15.6. The first kappa shape index (κ1) is 22.8. The molecule has 172 valence electrons. The summed E-state index contributed by atoms with van der Waals surface area (Å²) in [6.45, 7) is -2.97. The van der Waals surface area contributed by atoms with Gasteiger partial charge in [0.2, 0.25) is 0 Å². The molecule has 4 nitrogen and oxygen atoms in total. The van der Waals surface area contributed by atoms with Crippen LogP contribution in [0.1, 0.15) is 41.5 Å². The summed E-state index contributed by atoms with van der Waals surface area (Å²) in [5.41, 5.74) is 2.44. The second kappa shape index (κ2) is 8.50. The number of alkyl halides is 5. The van der Waals surface area contributed by atoms with Crippen molar-refractivity contribution in [3.05, 3.63) is 70.3 Å². The van der Waals surface area contributed by atoms with Gasteiger partial charge in [0.25, 0.3) is 5.91 Å². The number of carbonyl (C=O) groups excluding carboxylic acids is 1. The fourth-order valence-corrected chi connectivity index (χ4v) is 4.61. The van der Waals surface area contributed by atoms with Gasteiger partial charge in [0.15, 0.2) is 0 Å². The summed E-state index contributed by atoms with van der Waals surface area (Å²) >= 11 is 0. The first-order valence-electron chi connectivity index (χ1n) is 10.3. The minimum absolute atomic E-state index is 0.0413. The lowest BCUT2D eigenvalue weighted by molar-refractivity contribution is -0.134. The third kappa shape index (κ3) is 4.70. The van der Waals surface area contributed by atoms with E-state index in [1.807, 2.05) is 6.07 Å². The third-order valence-corrected chi connectivity index (χ3v) is 6.10. The van der Waals surface area contributed by atoms with Crippen LogP contribution >= 0.6 is 0 Å². The molecule has 2 aromatic rings. The summed E-state index contributed by atoms with van der Waals surface area (Å²) in [6, 6.07) is 12.8. The molecule has 1 spiro atoms. The average molecular weight is 462 g/mol. The molecule has 0 saturated carbocycles. The number of rotatable bonds is 5. The minimum Gasteiger partial charge on any atom is -0.435 e. The second-order valence-corrected chi connectivity index (χ2v) is 8.19. The van der Waals surface area contributed by atoms with E-state index in [-0.39, 0.29) is 17.7 Å². The molecule has 1 amide bonds. The Balaban J connectivity index is 1.65. The van der Waals surface area contributed by atoms with Crippen molar-refractivity contribution >= 4 is 11.5 Å². The van der Waals surface area contributed by atoms with Crippen LogP contribution in [-0.2, 0) is 23.2 Å². The van der Waals surface area contributed by atoms with E-state index in [1.54, 1.807) is 18.2 Å². The molecule has 33 heavy (non-hydrogen) atoms. The number of ether oxygens (including phenoxy) is 1. The van der Waals surface area contributed by atoms with Crippen molar-refractivity contribution < 1.29 is 31.5 Å². The number of carbonyl (C=O) groups is 1. The van der Waals surface area contributed by atoms with Crippen molar-refractivity contribution in [1.82, 2.24) is 5.32 Å². The van der Waals surface area contributed by atoms with Gasteiger partial charge in [-0.1, -0.05) is 30.3 Å². The number of hydrogen-bond donors (Lipinski definition) is 1. The Morgan fingerprint density at radius 2 is 1.88 bits per heavy atom. The van der Waals surface area contributed by atoms with E-state index in [9.17, 15) is 32.0 Å². The SMILES string of the molecule is N#CC1=C(c2ccc(OC(F)F)cc2)C[C@]2(CCc3cc(CCC(F)(F)F)ccc32)NC1=O. The molecule has 0 saturated heterocycles. The Kier molecular flexibility index (Phi) is 5.87. The number of nitrogens with one attached hydrogen (secondary N) is 1. The van der Waals surface area contributed by atoms with Gasteiger partial charge in [-0.2, -0.15) is 27.2 Å². The lowest BCUT2D eigenvalue weighted by atomic mass is 9.78. The number of nitriles is 1. The van der Waals surface area contributed by atoms with Gasteiger partial charge in [-0.25, -0.2) is 0 Å². The van der Waals surface area contributed by atoms with Crippen molar-refractivity contribution in [2.45, 2.75) is 50.4 Å². The van der Waals surface area contributed by atoms with Crippen LogP contribution in [0.25, 0.3) is 5.57 Å². The summed E-state index contributed by atoms with van der Waals surface area (Å²) in [5, 5.41) is 12.5. The molecule has 0 fully saturated rings. The molecule has 1 aliphatic heterocycles. The predicted octanol–water partition coefficient (Wildman–Crippen LogP) is 5.42. The Morgan fingerprint density at radius 1 is 1.15 bits per heavy atom. The minimum atomic E-state index is -4.24. The summed E-state index contributed by atoms with van der Waals surface area (Å²) in [7, 11) is 0. The Hall–Kier alpha value is -3.41. The third-order valence-electron chi connectivity index (χ3n) is 6.10. The maximum absolute atomic E-state index is 12.8. The zero-order valence-corrected chi connectivity index (χ0v) is 17.3. The van der Waals surface area contributed by atoms with Gasteiger partial charge in [0, 0.05) is 12.8 Å². The number of halogens is 5. The Labute approximate surface area is 186 Å². The maximum atomic E-state index is 12.8. The lowest BCUT2D eigenvalue weighted by Gasteiger charge is -2.37. The summed E-state index contributed by atoms with van der Waals surface area (Å²) in [4.78, 5) is 12.8. The fraction of sp³-hybridized carbons (Fsp3) is 0.333. The van der Waals surface area contributed by atoms with Crippen molar-refractivity contribution in [1.29, 1.82) is 5.26 Å².